The monoisotopic (exact) mass is 1530 g/mol. The highest BCUT2D eigenvalue weighted by molar-refractivity contribution is 6.12. The van der Waals surface area contributed by atoms with Crippen molar-refractivity contribution in [2.45, 2.75) is 223 Å². The highest BCUT2D eigenvalue weighted by Gasteiger charge is 2.30. The van der Waals surface area contributed by atoms with Crippen LogP contribution in [0.15, 0.2) is 188 Å². The number of fused-ring (bicyclic) bond motifs is 12. The second kappa shape index (κ2) is 32.2. The fourth-order valence-corrected chi connectivity index (χ4v) is 17.6. The summed E-state index contributed by atoms with van der Waals surface area (Å²) >= 11 is 0. The smallest absolute Gasteiger partial charge is 0.227 e. The van der Waals surface area contributed by atoms with E-state index in [0.29, 0.717) is 29.6 Å². The van der Waals surface area contributed by atoms with Gasteiger partial charge in [0, 0.05) is 130 Å². The molecule has 115 heavy (non-hydrogen) atoms. The third kappa shape index (κ3) is 16.0. The van der Waals surface area contributed by atoms with Crippen LogP contribution in [0.2, 0.25) is 0 Å². The third-order valence-corrected chi connectivity index (χ3v) is 24.3. The summed E-state index contributed by atoms with van der Waals surface area (Å²) in [6.45, 7) is 37.4. The SMILES string of the molecule is CCc1ccc(-c2c(C)ccc3c2oc2nc(C4CCCC4)ccc23)[n+](C)c1.Cc1ccc2c(oc3nc(C(C)(C)C)ccc32)c1-c1ccc(C(C)C)c[n+]1C.Cc1ccc2c(oc3nc(C4CCCCC4)ccc32)c1-c1ccc(C(C)C)c[n+]1C.Cc1ccc2c(oc3nc(CC(C)(C)C)ccc32)c1-c1ccc(C(C)C)c[n+]1C. The van der Waals surface area contributed by atoms with Gasteiger partial charge in [0.2, 0.25) is 45.6 Å². The van der Waals surface area contributed by atoms with Gasteiger partial charge in [-0.15, -0.1) is 0 Å². The highest BCUT2D eigenvalue weighted by atomic mass is 16.4. The van der Waals surface area contributed by atoms with Crippen molar-refractivity contribution in [2.75, 3.05) is 0 Å². The quantitative estimate of drug-likeness (QED) is 0.117. The second-order valence-corrected chi connectivity index (χ2v) is 36.4. The first-order valence-electron chi connectivity index (χ1n) is 42.3. The Hall–Kier alpha value is -10.7. The summed E-state index contributed by atoms with van der Waals surface area (Å²) in [5.41, 5.74) is 31.0. The minimum atomic E-state index is -0.00890. The Bertz CT molecular complexity index is 6350. The number of furan rings is 4. The predicted molar refractivity (Wildman–Crippen MR) is 472 cm³/mol. The molecule has 12 nitrogen and oxygen atoms in total. The van der Waals surface area contributed by atoms with Crippen molar-refractivity contribution in [2.24, 2.45) is 33.6 Å². The molecule has 18 rings (SSSR count). The van der Waals surface area contributed by atoms with Crippen molar-refractivity contribution < 1.29 is 35.9 Å². The van der Waals surface area contributed by atoms with Crippen molar-refractivity contribution >= 4 is 88.3 Å². The summed E-state index contributed by atoms with van der Waals surface area (Å²) in [5.74, 6) is 2.69. The molecule has 0 unspecified atom stereocenters. The van der Waals surface area contributed by atoms with Gasteiger partial charge in [0.1, 0.15) is 28.2 Å². The van der Waals surface area contributed by atoms with Crippen LogP contribution in [0.1, 0.15) is 245 Å². The molecule has 0 aliphatic heterocycles. The fourth-order valence-electron chi connectivity index (χ4n) is 17.6. The van der Waals surface area contributed by atoms with Crippen molar-refractivity contribution in [1.82, 2.24) is 19.9 Å². The average Bonchev–Trinajstić information content (AvgIpc) is 1.63. The first-order chi connectivity index (χ1) is 55.0. The maximum Gasteiger partial charge on any atom is 0.227 e. The van der Waals surface area contributed by atoms with E-state index in [2.05, 4.69) is 335 Å². The molecule has 16 aromatic rings. The zero-order chi connectivity index (χ0) is 81.2. The van der Waals surface area contributed by atoms with E-state index in [4.69, 9.17) is 37.6 Å². The number of hydrogen-bond acceptors (Lipinski definition) is 8. The third-order valence-electron chi connectivity index (χ3n) is 24.3. The van der Waals surface area contributed by atoms with Crippen molar-refractivity contribution in [1.29, 1.82) is 0 Å². The van der Waals surface area contributed by atoms with Gasteiger partial charge in [-0.2, -0.15) is 0 Å². The van der Waals surface area contributed by atoms with Crippen LogP contribution in [-0.2, 0) is 46.4 Å². The van der Waals surface area contributed by atoms with Crippen LogP contribution in [0.4, 0.5) is 0 Å². The summed E-state index contributed by atoms with van der Waals surface area (Å²) in [4.78, 5) is 19.6. The molecular formula is C103H118N8O4+4. The molecular weight excluding hydrogens is 1410 g/mol. The predicted octanol–water partition coefficient (Wildman–Crippen LogP) is 25.6. The van der Waals surface area contributed by atoms with Gasteiger partial charge in [-0.3, -0.25) is 0 Å². The minimum Gasteiger partial charge on any atom is -0.437 e. The maximum absolute atomic E-state index is 6.46. The normalized spacial score (nSPS) is 13.9. The van der Waals surface area contributed by atoms with Crippen LogP contribution in [0.25, 0.3) is 133 Å². The number of rotatable bonds is 11. The molecule has 12 heteroatoms. The number of hydrogen-bond donors (Lipinski definition) is 0. The lowest BCUT2D eigenvalue weighted by Crippen LogP contribution is -2.31. The fraction of sp³-hybridized carbons (Fsp3) is 0.379. The molecule has 0 bridgehead atoms. The molecule has 0 saturated heterocycles. The molecule has 4 aromatic carbocycles. The number of pyridine rings is 8. The van der Waals surface area contributed by atoms with Gasteiger partial charge in [0.15, 0.2) is 47.1 Å². The number of benzene rings is 4. The molecule has 12 heterocycles. The molecule has 590 valence electrons. The van der Waals surface area contributed by atoms with Crippen LogP contribution in [0, 0.1) is 33.1 Å². The Morgan fingerprint density at radius 1 is 0.348 bits per heavy atom. The lowest BCUT2D eigenvalue weighted by molar-refractivity contribution is -0.661. The zero-order valence-electron chi connectivity index (χ0n) is 72.0. The van der Waals surface area contributed by atoms with Gasteiger partial charge in [0.25, 0.3) is 0 Å². The Morgan fingerprint density at radius 3 is 0.991 bits per heavy atom. The first kappa shape index (κ1) is 79.5. The summed E-state index contributed by atoms with van der Waals surface area (Å²) in [5, 5.41) is 8.95. The minimum absolute atomic E-state index is 0.00890. The molecule has 2 fully saturated rings. The molecule has 0 spiro atoms. The van der Waals surface area contributed by atoms with Crippen LogP contribution in [0.5, 0.6) is 0 Å². The molecule has 2 aliphatic rings. The van der Waals surface area contributed by atoms with E-state index in [1.54, 1.807) is 0 Å². The standard InChI is InChI=1S/C27H31N2O.C26H31N2O.C25H27N2O.C25H29N2O/c1-17(2)20-11-15-24(29(4)16-20)25-18(3)10-12-21-22-13-14-23(19-8-6-5-7-9-19)28-27(22)30-26(21)25;1-16(2)18-9-13-22(28(7)15-18)23-17(3)8-11-20-21-12-10-19(14-26(4,5)6)27-25(21)29-24(20)23;1-4-17-10-14-22(27(3)15-17)23-16(2)9-11-19-20-12-13-21(18-7-5-6-8-18)26-25(20)28-24(19)23;1-15(2)17-9-12-20(27(7)14-17)22-16(3)8-10-18-19-11-13-21(25(4,5)6)26-24(19)28-23(18)22/h10-17,19H,5-9H2,1-4H3;8-13,15-16H,14H2,1-7H3;9-15,18H,4-8H2,1-3H3;8-15H,1-7H3/q4*+1. The van der Waals surface area contributed by atoms with Crippen molar-refractivity contribution in [3.05, 3.63) is 238 Å². The van der Waals surface area contributed by atoms with Crippen LogP contribution in [0.3, 0.4) is 0 Å². The summed E-state index contributed by atoms with van der Waals surface area (Å²) < 4.78 is 34.5. The Kier molecular flexibility index (Phi) is 22.2. The first-order valence-corrected chi connectivity index (χ1v) is 42.3. The molecule has 2 aliphatic carbocycles. The average molecular weight is 1530 g/mol. The van der Waals surface area contributed by atoms with Gasteiger partial charge >= 0.3 is 0 Å². The lowest BCUT2D eigenvalue weighted by atomic mass is 9.86. The Balaban J connectivity index is 0.000000121. The largest absolute Gasteiger partial charge is 0.437 e. The van der Waals surface area contributed by atoms with Gasteiger partial charge in [-0.05, 0) is 184 Å². The van der Waals surface area contributed by atoms with E-state index in [1.807, 2.05) is 0 Å². The van der Waals surface area contributed by atoms with Crippen molar-refractivity contribution in [3.8, 4) is 45.0 Å². The van der Waals surface area contributed by atoms with E-state index in [9.17, 15) is 0 Å². The van der Waals surface area contributed by atoms with E-state index >= 15 is 0 Å². The summed E-state index contributed by atoms with van der Waals surface area (Å²) in [6.07, 6.45) is 22.5. The van der Waals surface area contributed by atoms with E-state index in [1.165, 1.54) is 136 Å². The summed E-state index contributed by atoms with van der Waals surface area (Å²) in [6, 6.07) is 52.6. The number of aryl methyl sites for hydroxylation is 9. The van der Waals surface area contributed by atoms with Gasteiger partial charge < -0.3 is 17.7 Å². The highest BCUT2D eigenvalue weighted by Crippen LogP contribution is 2.44. The van der Waals surface area contributed by atoms with Crippen LogP contribution in [-0.4, -0.2) is 19.9 Å². The van der Waals surface area contributed by atoms with Crippen LogP contribution >= 0.6 is 0 Å². The van der Waals surface area contributed by atoms with Gasteiger partial charge in [-0.1, -0.05) is 171 Å². The molecule has 0 N–H and O–H groups in total. The van der Waals surface area contributed by atoms with Gasteiger partial charge in [0.05, 0.1) is 22.3 Å². The number of aromatic nitrogens is 8. The Labute approximate surface area is 679 Å². The summed E-state index contributed by atoms with van der Waals surface area (Å²) in [7, 11) is 8.47. The van der Waals surface area contributed by atoms with E-state index in [-0.39, 0.29) is 10.8 Å². The van der Waals surface area contributed by atoms with Gasteiger partial charge in [-0.25, -0.2) is 38.2 Å². The molecule has 2 saturated carbocycles. The molecule has 0 radical (unpaired) electrons. The number of nitrogens with zero attached hydrogens (tertiary/aromatic N) is 8. The van der Waals surface area contributed by atoms with E-state index in [0.717, 1.165) is 135 Å². The molecule has 0 atom stereocenters. The molecule has 12 aromatic heterocycles. The lowest BCUT2D eigenvalue weighted by Gasteiger charge is -2.20. The topological polar surface area (TPSA) is 120 Å². The zero-order valence-corrected chi connectivity index (χ0v) is 72.0. The second-order valence-electron chi connectivity index (χ2n) is 36.4. The van der Waals surface area contributed by atoms with Crippen LogP contribution < -0.4 is 18.3 Å². The molecule has 0 amide bonds. The van der Waals surface area contributed by atoms with Crippen molar-refractivity contribution in [3.63, 3.8) is 0 Å². The maximum atomic E-state index is 6.46. The van der Waals surface area contributed by atoms with E-state index < -0.39 is 0 Å². The Morgan fingerprint density at radius 2 is 0.661 bits per heavy atom.